The van der Waals surface area contributed by atoms with Crippen LogP contribution < -0.4 is 5.32 Å². The standard InChI is InChI=1S/C27H16ClN5O/c28-23-7-2-1-6-21(23)22-16-33(15-19(22)14-30)20-8-9-24-26(11-20)32-27(34)12-25(31-24)18-5-3-4-17(10-18)13-29/h1-11,15-16H,12H2,(H,32,34). The summed E-state index contributed by atoms with van der Waals surface area (Å²) in [5.74, 6) is -0.195. The van der Waals surface area contributed by atoms with Crippen LogP contribution in [0, 0.1) is 22.7 Å². The Morgan fingerprint density at radius 3 is 2.59 bits per heavy atom. The smallest absolute Gasteiger partial charge is 0.230 e. The molecule has 0 fully saturated rings. The minimum atomic E-state index is -0.195. The summed E-state index contributed by atoms with van der Waals surface area (Å²) in [6.45, 7) is 0. The number of hydrogen-bond donors (Lipinski definition) is 1. The number of benzene rings is 3. The number of fused-ring (bicyclic) bond motifs is 1. The highest BCUT2D eigenvalue weighted by atomic mass is 35.5. The zero-order chi connectivity index (χ0) is 23.7. The van der Waals surface area contributed by atoms with Crippen LogP contribution in [-0.2, 0) is 4.79 Å². The molecule has 0 aliphatic carbocycles. The van der Waals surface area contributed by atoms with Crippen molar-refractivity contribution >= 4 is 34.6 Å². The molecule has 6 nitrogen and oxygen atoms in total. The lowest BCUT2D eigenvalue weighted by molar-refractivity contribution is -0.115. The van der Waals surface area contributed by atoms with E-state index in [1.54, 1.807) is 30.5 Å². The fourth-order valence-corrected chi connectivity index (χ4v) is 4.17. The molecule has 0 bridgehead atoms. The summed E-state index contributed by atoms with van der Waals surface area (Å²) >= 11 is 6.36. The second-order valence-corrected chi connectivity index (χ2v) is 8.17. The van der Waals surface area contributed by atoms with Gasteiger partial charge in [-0.05, 0) is 42.0 Å². The molecule has 0 saturated carbocycles. The fraction of sp³-hybridized carbons (Fsp3) is 0.0370. The number of nitrogens with one attached hydrogen (secondary N) is 1. The van der Waals surface area contributed by atoms with Gasteiger partial charge in [0.25, 0.3) is 0 Å². The van der Waals surface area contributed by atoms with Crippen LogP contribution in [0.2, 0.25) is 5.02 Å². The van der Waals surface area contributed by atoms with Crippen molar-refractivity contribution in [3.05, 3.63) is 101 Å². The molecule has 0 radical (unpaired) electrons. The maximum atomic E-state index is 12.6. The Morgan fingerprint density at radius 2 is 1.79 bits per heavy atom. The first-order valence-corrected chi connectivity index (χ1v) is 10.8. The van der Waals surface area contributed by atoms with Gasteiger partial charge >= 0.3 is 0 Å². The number of aliphatic imine (C=N–C) groups is 1. The Labute approximate surface area is 201 Å². The fourth-order valence-electron chi connectivity index (χ4n) is 3.94. The molecule has 7 heteroatoms. The maximum absolute atomic E-state index is 12.6. The number of nitrogens with zero attached hydrogens (tertiary/aromatic N) is 4. The van der Waals surface area contributed by atoms with Gasteiger partial charge in [-0.25, -0.2) is 0 Å². The minimum Gasteiger partial charge on any atom is -0.324 e. The lowest BCUT2D eigenvalue weighted by atomic mass is 10.0. The van der Waals surface area contributed by atoms with Crippen molar-refractivity contribution in [2.24, 2.45) is 4.99 Å². The third-order valence-electron chi connectivity index (χ3n) is 5.57. The van der Waals surface area contributed by atoms with E-state index in [9.17, 15) is 15.3 Å². The lowest BCUT2D eigenvalue weighted by Crippen LogP contribution is -2.15. The molecule has 34 heavy (non-hydrogen) atoms. The van der Waals surface area contributed by atoms with E-state index in [2.05, 4.69) is 17.5 Å². The van der Waals surface area contributed by atoms with Gasteiger partial charge in [0.05, 0.1) is 40.7 Å². The number of nitriles is 2. The predicted octanol–water partition coefficient (Wildman–Crippen LogP) is 6.00. The van der Waals surface area contributed by atoms with Gasteiger partial charge in [0, 0.05) is 34.2 Å². The summed E-state index contributed by atoms with van der Waals surface area (Å²) in [5.41, 5.74) is 5.78. The van der Waals surface area contributed by atoms with Crippen LogP contribution in [0.25, 0.3) is 16.8 Å². The molecule has 1 amide bonds. The number of amides is 1. The second-order valence-electron chi connectivity index (χ2n) is 7.76. The van der Waals surface area contributed by atoms with Crippen LogP contribution in [0.5, 0.6) is 0 Å². The summed E-state index contributed by atoms with van der Waals surface area (Å²) in [4.78, 5) is 17.4. The number of carbonyl (C=O) groups excluding carboxylic acids is 1. The minimum absolute atomic E-state index is 0.0949. The molecule has 0 atom stereocenters. The predicted molar refractivity (Wildman–Crippen MR) is 132 cm³/mol. The highest BCUT2D eigenvalue weighted by Gasteiger charge is 2.19. The molecule has 1 aromatic heterocycles. The Kier molecular flexibility index (Phi) is 5.43. The van der Waals surface area contributed by atoms with Crippen LogP contribution in [0.1, 0.15) is 23.1 Å². The van der Waals surface area contributed by atoms with E-state index in [4.69, 9.17) is 16.6 Å². The molecule has 162 valence electrons. The lowest BCUT2D eigenvalue weighted by Gasteiger charge is -2.09. The summed E-state index contributed by atoms with van der Waals surface area (Å²) in [5, 5.41) is 22.3. The molecule has 0 saturated heterocycles. The molecule has 0 spiro atoms. The second kappa shape index (κ2) is 8.71. The number of anilines is 1. The average Bonchev–Trinajstić information content (AvgIpc) is 3.21. The Bertz CT molecular complexity index is 1570. The van der Waals surface area contributed by atoms with Gasteiger partial charge in [-0.1, -0.05) is 41.9 Å². The van der Waals surface area contributed by atoms with Crippen molar-refractivity contribution in [2.45, 2.75) is 6.42 Å². The third-order valence-corrected chi connectivity index (χ3v) is 5.90. The van der Waals surface area contributed by atoms with E-state index in [1.807, 2.05) is 53.2 Å². The quantitative estimate of drug-likeness (QED) is 0.405. The van der Waals surface area contributed by atoms with Crippen LogP contribution in [0.15, 0.2) is 84.1 Å². The maximum Gasteiger partial charge on any atom is 0.230 e. The van der Waals surface area contributed by atoms with Gasteiger partial charge < -0.3 is 9.88 Å². The van der Waals surface area contributed by atoms with Crippen LogP contribution >= 0.6 is 11.6 Å². The molecule has 0 unspecified atom stereocenters. The Morgan fingerprint density at radius 1 is 0.941 bits per heavy atom. The molecule has 5 rings (SSSR count). The first kappa shape index (κ1) is 21.2. The molecule has 2 heterocycles. The topological polar surface area (TPSA) is 94.0 Å². The van der Waals surface area contributed by atoms with E-state index in [-0.39, 0.29) is 12.3 Å². The average molecular weight is 462 g/mol. The van der Waals surface area contributed by atoms with Crippen molar-refractivity contribution in [1.82, 2.24) is 4.57 Å². The van der Waals surface area contributed by atoms with Gasteiger partial charge in [0.2, 0.25) is 5.91 Å². The Balaban J connectivity index is 1.56. The molecule has 4 aromatic rings. The summed E-state index contributed by atoms with van der Waals surface area (Å²) in [6.07, 6.45) is 3.68. The van der Waals surface area contributed by atoms with E-state index >= 15 is 0 Å². The highest BCUT2D eigenvalue weighted by Crippen LogP contribution is 2.35. The zero-order valence-corrected chi connectivity index (χ0v) is 18.5. The van der Waals surface area contributed by atoms with Gasteiger partial charge in [-0.3, -0.25) is 9.79 Å². The highest BCUT2D eigenvalue weighted by molar-refractivity contribution is 6.33. The third kappa shape index (κ3) is 3.95. The number of carbonyl (C=O) groups is 1. The zero-order valence-electron chi connectivity index (χ0n) is 17.8. The normalized spacial score (nSPS) is 12.6. The summed E-state index contributed by atoms with van der Waals surface area (Å²) in [7, 11) is 0. The number of rotatable bonds is 3. The van der Waals surface area contributed by atoms with Crippen LogP contribution in [0.3, 0.4) is 0 Å². The Hall–Kier alpha value is -4.65. The first-order valence-electron chi connectivity index (χ1n) is 10.4. The largest absolute Gasteiger partial charge is 0.324 e. The summed E-state index contributed by atoms with van der Waals surface area (Å²) < 4.78 is 1.83. The number of hydrogen-bond acceptors (Lipinski definition) is 4. The van der Waals surface area contributed by atoms with E-state index in [0.717, 1.165) is 22.4 Å². The monoisotopic (exact) mass is 461 g/mol. The first-order chi connectivity index (χ1) is 16.6. The van der Waals surface area contributed by atoms with Crippen molar-refractivity contribution in [1.29, 1.82) is 10.5 Å². The number of halogens is 1. The van der Waals surface area contributed by atoms with Crippen molar-refractivity contribution in [3.8, 4) is 29.0 Å². The van der Waals surface area contributed by atoms with E-state index < -0.39 is 0 Å². The van der Waals surface area contributed by atoms with Crippen molar-refractivity contribution < 1.29 is 4.79 Å². The SMILES string of the molecule is N#Cc1cccc(C2=Nc3ccc(-n4cc(C#N)c(-c5ccccc5Cl)c4)cc3NC(=O)C2)c1. The van der Waals surface area contributed by atoms with Gasteiger partial charge in [-0.15, -0.1) is 0 Å². The van der Waals surface area contributed by atoms with E-state index in [1.165, 1.54) is 0 Å². The van der Waals surface area contributed by atoms with Crippen LogP contribution in [0.4, 0.5) is 11.4 Å². The summed E-state index contributed by atoms with van der Waals surface area (Å²) in [6, 6.07) is 24.3. The number of aromatic nitrogens is 1. The van der Waals surface area contributed by atoms with Crippen molar-refractivity contribution in [2.75, 3.05) is 5.32 Å². The molecule has 3 aromatic carbocycles. The van der Waals surface area contributed by atoms with Gasteiger partial charge in [0.1, 0.15) is 6.07 Å². The molecule has 1 N–H and O–H groups in total. The van der Waals surface area contributed by atoms with Crippen LogP contribution in [-0.4, -0.2) is 16.2 Å². The molecular formula is C27H16ClN5O. The van der Waals surface area contributed by atoms with E-state index in [0.29, 0.717) is 33.2 Å². The molecule has 1 aliphatic heterocycles. The molecule has 1 aliphatic rings. The molecular weight excluding hydrogens is 446 g/mol. The van der Waals surface area contributed by atoms with Crippen molar-refractivity contribution in [3.63, 3.8) is 0 Å². The van der Waals surface area contributed by atoms with Gasteiger partial charge in [-0.2, -0.15) is 10.5 Å². The van der Waals surface area contributed by atoms with Gasteiger partial charge in [0.15, 0.2) is 0 Å².